The van der Waals surface area contributed by atoms with E-state index in [1.165, 1.54) is 6.07 Å². The van der Waals surface area contributed by atoms with Gasteiger partial charge in [-0.25, -0.2) is 13.8 Å². The van der Waals surface area contributed by atoms with Crippen molar-refractivity contribution in [2.45, 2.75) is 6.54 Å². The molecule has 1 N–H and O–H groups in total. The third-order valence-corrected chi connectivity index (χ3v) is 3.44. The number of imidazole rings is 1. The number of nitrogens with one attached hydrogen (secondary N) is 1. The van der Waals surface area contributed by atoms with Crippen LogP contribution in [0.3, 0.4) is 0 Å². The summed E-state index contributed by atoms with van der Waals surface area (Å²) in [5, 5.41) is 3.91. The molecule has 1 heterocycles. The fraction of sp³-hybridized carbons (Fsp3) is 0.133. The van der Waals surface area contributed by atoms with Gasteiger partial charge in [0.2, 0.25) is 0 Å². The molecular weight excluding hydrogens is 296 g/mol. The van der Waals surface area contributed by atoms with Gasteiger partial charge in [0.1, 0.15) is 0 Å². The molecule has 0 amide bonds. The van der Waals surface area contributed by atoms with E-state index in [1.54, 1.807) is 23.0 Å². The van der Waals surface area contributed by atoms with Crippen LogP contribution in [0.4, 0.5) is 14.5 Å². The molecule has 0 aliphatic carbocycles. The van der Waals surface area contributed by atoms with Crippen LogP contribution in [0.2, 0.25) is 5.02 Å². The van der Waals surface area contributed by atoms with Gasteiger partial charge >= 0.3 is 0 Å². The number of aromatic nitrogens is 2. The second-order valence-corrected chi connectivity index (χ2v) is 5.06. The Morgan fingerprint density at radius 2 is 1.81 bits per heavy atom. The lowest BCUT2D eigenvalue weighted by atomic mass is 10.3. The molecule has 0 atom stereocenters. The van der Waals surface area contributed by atoms with Crippen molar-refractivity contribution in [2.24, 2.45) is 0 Å². The van der Waals surface area contributed by atoms with Gasteiger partial charge in [0.05, 0.1) is 17.4 Å². The second-order valence-electron chi connectivity index (χ2n) is 4.63. The van der Waals surface area contributed by atoms with Crippen molar-refractivity contribution < 1.29 is 8.78 Å². The zero-order chi connectivity index (χ0) is 14.8. The van der Waals surface area contributed by atoms with Crippen LogP contribution in [0.15, 0.2) is 42.7 Å². The smallest absolute Gasteiger partial charge is 0.161 e. The van der Waals surface area contributed by atoms with E-state index in [0.717, 1.165) is 11.8 Å². The van der Waals surface area contributed by atoms with Crippen LogP contribution in [0.25, 0.3) is 11.0 Å². The number of anilines is 1. The molecule has 6 heteroatoms. The number of rotatable bonds is 4. The van der Waals surface area contributed by atoms with Gasteiger partial charge in [-0.05, 0) is 24.3 Å². The van der Waals surface area contributed by atoms with Gasteiger partial charge in [-0.15, -0.1) is 0 Å². The molecule has 1 aromatic heterocycles. The number of nitrogens with zero attached hydrogens (tertiary/aromatic N) is 2. The van der Waals surface area contributed by atoms with E-state index in [-0.39, 0.29) is 0 Å². The number of hydrogen-bond donors (Lipinski definition) is 1. The molecule has 21 heavy (non-hydrogen) atoms. The summed E-state index contributed by atoms with van der Waals surface area (Å²) >= 11 is 5.81. The molecule has 0 saturated carbocycles. The van der Waals surface area contributed by atoms with Crippen molar-refractivity contribution >= 4 is 28.3 Å². The minimum atomic E-state index is -0.882. The summed E-state index contributed by atoms with van der Waals surface area (Å²) in [5.41, 5.74) is 1.97. The minimum Gasteiger partial charge on any atom is -0.383 e. The lowest BCUT2D eigenvalue weighted by Gasteiger charge is -2.08. The molecule has 3 nitrogen and oxygen atoms in total. The monoisotopic (exact) mass is 307 g/mol. The zero-order valence-electron chi connectivity index (χ0n) is 11.0. The van der Waals surface area contributed by atoms with Crippen LogP contribution >= 0.6 is 11.6 Å². The first kappa shape index (κ1) is 13.8. The van der Waals surface area contributed by atoms with Gasteiger partial charge in [-0.3, -0.25) is 0 Å². The molecule has 0 bridgehead atoms. The molecule has 3 rings (SSSR count). The van der Waals surface area contributed by atoms with Gasteiger partial charge in [-0.2, -0.15) is 0 Å². The topological polar surface area (TPSA) is 29.9 Å². The highest BCUT2D eigenvalue weighted by Crippen LogP contribution is 2.17. The maximum atomic E-state index is 13.3. The average Bonchev–Trinajstić information content (AvgIpc) is 2.84. The molecule has 0 unspecified atom stereocenters. The van der Waals surface area contributed by atoms with Gasteiger partial charge in [-0.1, -0.05) is 11.6 Å². The fourth-order valence-corrected chi connectivity index (χ4v) is 2.25. The van der Waals surface area contributed by atoms with Crippen LogP contribution in [0.1, 0.15) is 0 Å². The van der Waals surface area contributed by atoms with E-state index in [2.05, 4.69) is 10.3 Å². The number of hydrogen-bond acceptors (Lipinski definition) is 2. The third kappa shape index (κ3) is 2.97. The Balaban J connectivity index is 1.70. The summed E-state index contributed by atoms with van der Waals surface area (Å²) in [6.07, 6.45) is 1.58. The summed E-state index contributed by atoms with van der Waals surface area (Å²) in [6.45, 7) is 1.22. The van der Waals surface area contributed by atoms with Gasteiger partial charge in [0, 0.05) is 35.9 Å². The normalized spacial score (nSPS) is 11.0. The molecule has 108 valence electrons. The largest absolute Gasteiger partial charge is 0.383 e. The highest BCUT2D eigenvalue weighted by atomic mass is 35.5. The van der Waals surface area contributed by atoms with E-state index >= 15 is 0 Å². The number of halogens is 3. The zero-order valence-corrected chi connectivity index (χ0v) is 11.7. The molecule has 0 spiro atoms. The van der Waals surface area contributed by atoms with Crippen molar-refractivity contribution in [1.82, 2.24) is 9.55 Å². The Morgan fingerprint density at radius 3 is 2.57 bits per heavy atom. The standard InChI is InChI=1S/C15H12ClF2N3/c16-10-1-3-11(4-2-10)19-5-6-21-9-20-14-7-12(17)13(18)8-15(14)21/h1-4,7-9,19H,5-6H2. The van der Waals surface area contributed by atoms with Crippen LogP contribution in [0, 0.1) is 11.6 Å². The first-order chi connectivity index (χ1) is 10.1. The summed E-state index contributed by atoms with van der Waals surface area (Å²) in [5.74, 6) is -1.75. The van der Waals surface area contributed by atoms with Crippen LogP contribution < -0.4 is 5.32 Å². The predicted octanol–water partition coefficient (Wildman–Crippen LogP) is 4.08. The first-order valence-corrected chi connectivity index (χ1v) is 6.80. The summed E-state index contributed by atoms with van der Waals surface area (Å²) in [7, 11) is 0. The van der Waals surface area contributed by atoms with Gasteiger partial charge in [0.15, 0.2) is 11.6 Å². The molecule has 0 fully saturated rings. The van der Waals surface area contributed by atoms with Crippen LogP contribution in [-0.4, -0.2) is 16.1 Å². The second kappa shape index (κ2) is 5.69. The molecule has 2 aromatic carbocycles. The summed E-state index contributed by atoms with van der Waals surface area (Å²) in [4.78, 5) is 4.07. The highest BCUT2D eigenvalue weighted by Gasteiger charge is 2.08. The fourth-order valence-electron chi connectivity index (χ4n) is 2.12. The van der Waals surface area contributed by atoms with Crippen LogP contribution in [0.5, 0.6) is 0 Å². The van der Waals surface area contributed by atoms with Gasteiger partial charge < -0.3 is 9.88 Å². The van der Waals surface area contributed by atoms with Gasteiger partial charge in [0.25, 0.3) is 0 Å². The van der Waals surface area contributed by atoms with Crippen molar-refractivity contribution in [2.75, 3.05) is 11.9 Å². The maximum absolute atomic E-state index is 13.3. The lowest BCUT2D eigenvalue weighted by molar-refractivity contribution is 0.510. The average molecular weight is 308 g/mol. The molecule has 0 saturated heterocycles. The SMILES string of the molecule is Fc1cc2ncn(CCNc3ccc(Cl)cc3)c2cc1F. The minimum absolute atomic E-state index is 0.445. The molecular formula is C15H12ClF2N3. The number of fused-ring (bicyclic) bond motifs is 1. The molecule has 0 aliphatic rings. The Hall–Kier alpha value is -2.14. The lowest BCUT2D eigenvalue weighted by Crippen LogP contribution is -2.09. The molecule has 0 radical (unpaired) electrons. The highest BCUT2D eigenvalue weighted by molar-refractivity contribution is 6.30. The Morgan fingerprint density at radius 1 is 1.10 bits per heavy atom. The van der Waals surface area contributed by atoms with E-state index in [0.29, 0.717) is 29.1 Å². The van der Waals surface area contributed by atoms with Crippen molar-refractivity contribution in [3.05, 3.63) is 59.4 Å². The van der Waals surface area contributed by atoms with E-state index in [9.17, 15) is 8.78 Å². The number of benzene rings is 2. The Kier molecular flexibility index (Phi) is 3.75. The molecule has 3 aromatic rings. The van der Waals surface area contributed by atoms with E-state index in [1.807, 2.05) is 12.1 Å². The van der Waals surface area contributed by atoms with Crippen LogP contribution in [-0.2, 0) is 6.54 Å². The van der Waals surface area contributed by atoms with E-state index < -0.39 is 11.6 Å². The summed E-state index contributed by atoms with van der Waals surface area (Å²) in [6, 6.07) is 9.63. The van der Waals surface area contributed by atoms with Crippen molar-refractivity contribution in [3.63, 3.8) is 0 Å². The van der Waals surface area contributed by atoms with Crippen molar-refractivity contribution in [3.8, 4) is 0 Å². The first-order valence-electron chi connectivity index (χ1n) is 6.43. The quantitative estimate of drug-likeness (QED) is 0.787. The van der Waals surface area contributed by atoms with Crippen molar-refractivity contribution in [1.29, 1.82) is 0 Å². The predicted molar refractivity (Wildman–Crippen MR) is 79.6 cm³/mol. The Bertz CT molecular complexity index is 768. The molecule has 0 aliphatic heterocycles. The Labute approximate surface area is 125 Å². The third-order valence-electron chi connectivity index (χ3n) is 3.19. The van der Waals surface area contributed by atoms with E-state index in [4.69, 9.17) is 11.6 Å². The summed E-state index contributed by atoms with van der Waals surface area (Å²) < 4.78 is 28.2. The maximum Gasteiger partial charge on any atom is 0.161 e.